The van der Waals surface area contributed by atoms with Crippen LogP contribution >= 0.6 is 0 Å². The zero-order valence-corrected chi connectivity index (χ0v) is 8.42. The summed E-state index contributed by atoms with van der Waals surface area (Å²) in [7, 11) is 0. The molecule has 0 unspecified atom stereocenters. The number of piperidine rings is 1. The second-order valence-corrected chi connectivity index (χ2v) is 3.99. The van der Waals surface area contributed by atoms with Gasteiger partial charge in [0, 0.05) is 6.42 Å². The first-order valence-electron chi connectivity index (χ1n) is 5.35. The molecule has 3 nitrogen and oxygen atoms in total. The van der Waals surface area contributed by atoms with Crippen molar-refractivity contribution >= 4 is 0 Å². The van der Waals surface area contributed by atoms with Crippen LogP contribution in [0.15, 0.2) is 0 Å². The van der Waals surface area contributed by atoms with E-state index in [0.29, 0.717) is 0 Å². The lowest BCUT2D eigenvalue weighted by atomic mass is 10.0. The van der Waals surface area contributed by atoms with Crippen molar-refractivity contribution in [3.05, 3.63) is 0 Å². The number of ether oxygens (including phenoxy) is 2. The van der Waals surface area contributed by atoms with Crippen LogP contribution in [0.4, 0.5) is 0 Å². The van der Waals surface area contributed by atoms with Gasteiger partial charge in [-0.3, -0.25) is 4.90 Å². The Morgan fingerprint density at radius 1 is 1.31 bits per heavy atom. The van der Waals surface area contributed by atoms with Crippen molar-refractivity contribution in [1.82, 2.24) is 4.90 Å². The van der Waals surface area contributed by atoms with Gasteiger partial charge in [0.15, 0.2) is 5.79 Å². The molecular weight excluding hydrogens is 166 g/mol. The highest BCUT2D eigenvalue weighted by Gasteiger charge is 2.40. The van der Waals surface area contributed by atoms with Gasteiger partial charge in [-0.1, -0.05) is 6.92 Å². The molecule has 0 bridgehead atoms. The summed E-state index contributed by atoms with van der Waals surface area (Å²) in [4.78, 5) is 2.45. The SMILES string of the molecule is CCCN1CCCC2(C1)OCCO2. The van der Waals surface area contributed by atoms with Crippen molar-refractivity contribution in [2.45, 2.75) is 32.0 Å². The van der Waals surface area contributed by atoms with Gasteiger partial charge in [0.2, 0.25) is 0 Å². The normalized spacial score (nSPS) is 28.4. The molecule has 1 spiro atoms. The Kier molecular flexibility index (Phi) is 2.86. The van der Waals surface area contributed by atoms with E-state index in [2.05, 4.69) is 11.8 Å². The van der Waals surface area contributed by atoms with Crippen LogP contribution in [0.3, 0.4) is 0 Å². The molecule has 2 aliphatic rings. The minimum Gasteiger partial charge on any atom is -0.346 e. The van der Waals surface area contributed by atoms with Gasteiger partial charge < -0.3 is 9.47 Å². The van der Waals surface area contributed by atoms with Crippen LogP contribution in [-0.2, 0) is 9.47 Å². The van der Waals surface area contributed by atoms with Crippen LogP contribution in [0.2, 0.25) is 0 Å². The quantitative estimate of drug-likeness (QED) is 0.646. The fourth-order valence-electron chi connectivity index (χ4n) is 2.31. The van der Waals surface area contributed by atoms with Crippen molar-refractivity contribution in [2.24, 2.45) is 0 Å². The molecule has 0 amide bonds. The molecule has 2 rings (SSSR count). The number of hydrogen-bond acceptors (Lipinski definition) is 3. The maximum absolute atomic E-state index is 5.69. The van der Waals surface area contributed by atoms with E-state index in [1.54, 1.807) is 0 Å². The average molecular weight is 185 g/mol. The van der Waals surface area contributed by atoms with Gasteiger partial charge in [0.05, 0.1) is 19.8 Å². The summed E-state index contributed by atoms with van der Waals surface area (Å²) < 4.78 is 11.4. The van der Waals surface area contributed by atoms with Crippen molar-refractivity contribution in [1.29, 1.82) is 0 Å². The molecule has 13 heavy (non-hydrogen) atoms. The van der Waals surface area contributed by atoms with Gasteiger partial charge in [-0.15, -0.1) is 0 Å². The van der Waals surface area contributed by atoms with E-state index >= 15 is 0 Å². The Bertz CT molecular complexity index is 164. The van der Waals surface area contributed by atoms with Crippen LogP contribution in [0.5, 0.6) is 0 Å². The number of hydrogen-bond donors (Lipinski definition) is 0. The molecule has 2 heterocycles. The maximum atomic E-state index is 5.69. The fraction of sp³-hybridized carbons (Fsp3) is 1.00. The molecule has 0 atom stereocenters. The van der Waals surface area contributed by atoms with Gasteiger partial charge in [0.1, 0.15) is 0 Å². The lowest BCUT2D eigenvalue weighted by Gasteiger charge is -2.38. The number of nitrogens with zero attached hydrogens (tertiary/aromatic N) is 1. The Morgan fingerprint density at radius 2 is 2.08 bits per heavy atom. The van der Waals surface area contributed by atoms with E-state index in [9.17, 15) is 0 Å². The van der Waals surface area contributed by atoms with Gasteiger partial charge in [-0.05, 0) is 25.9 Å². The first-order chi connectivity index (χ1) is 6.35. The third-order valence-corrected chi connectivity index (χ3v) is 2.85. The standard InChI is InChI=1S/C10H19NO2/c1-2-5-11-6-3-4-10(9-11)12-7-8-13-10/h2-9H2,1H3. The Balaban J connectivity index is 1.90. The van der Waals surface area contributed by atoms with Crippen molar-refractivity contribution < 1.29 is 9.47 Å². The van der Waals surface area contributed by atoms with Gasteiger partial charge in [-0.25, -0.2) is 0 Å². The van der Waals surface area contributed by atoms with Crippen molar-refractivity contribution in [2.75, 3.05) is 32.8 Å². The molecule has 76 valence electrons. The summed E-state index contributed by atoms with van der Waals surface area (Å²) in [6.45, 7) is 7.13. The highest BCUT2D eigenvalue weighted by Crippen LogP contribution is 2.29. The molecular formula is C10H19NO2. The molecule has 0 radical (unpaired) electrons. The second kappa shape index (κ2) is 3.95. The molecule has 0 aromatic heterocycles. The molecule has 0 aromatic carbocycles. The van der Waals surface area contributed by atoms with E-state index in [1.807, 2.05) is 0 Å². The highest BCUT2D eigenvalue weighted by atomic mass is 16.7. The molecule has 2 saturated heterocycles. The predicted molar refractivity (Wildman–Crippen MR) is 50.6 cm³/mol. The molecule has 3 heteroatoms. The second-order valence-electron chi connectivity index (χ2n) is 3.99. The Hall–Kier alpha value is -0.120. The summed E-state index contributed by atoms with van der Waals surface area (Å²) >= 11 is 0. The van der Waals surface area contributed by atoms with Crippen molar-refractivity contribution in [3.8, 4) is 0 Å². The lowest BCUT2D eigenvalue weighted by molar-refractivity contribution is -0.189. The molecule has 0 N–H and O–H groups in total. The van der Waals surface area contributed by atoms with E-state index in [-0.39, 0.29) is 5.79 Å². The van der Waals surface area contributed by atoms with Gasteiger partial charge in [-0.2, -0.15) is 0 Å². The van der Waals surface area contributed by atoms with Crippen molar-refractivity contribution in [3.63, 3.8) is 0 Å². The van der Waals surface area contributed by atoms with Gasteiger partial charge in [0.25, 0.3) is 0 Å². The third-order valence-electron chi connectivity index (χ3n) is 2.85. The summed E-state index contributed by atoms with van der Waals surface area (Å²) in [5, 5.41) is 0. The van der Waals surface area contributed by atoms with E-state index < -0.39 is 0 Å². The van der Waals surface area contributed by atoms with Crippen LogP contribution in [-0.4, -0.2) is 43.5 Å². The minimum absolute atomic E-state index is 0.229. The fourth-order valence-corrected chi connectivity index (χ4v) is 2.31. The summed E-state index contributed by atoms with van der Waals surface area (Å²) in [6, 6.07) is 0. The number of likely N-dealkylation sites (tertiary alicyclic amines) is 1. The molecule has 2 fully saturated rings. The first-order valence-corrected chi connectivity index (χ1v) is 5.35. The largest absolute Gasteiger partial charge is 0.346 e. The van der Waals surface area contributed by atoms with Crippen LogP contribution in [0, 0.1) is 0 Å². The van der Waals surface area contributed by atoms with Crippen LogP contribution in [0.25, 0.3) is 0 Å². The van der Waals surface area contributed by atoms with E-state index in [0.717, 1.165) is 26.2 Å². The Labute approximate surface area is 80.0 Å². The first kappa shape index (κ1) is 9.44. The van der Waals surface area contributed by atoms with Crippen LogP contribution < -0.4 is 0 Å². The third kappa shape index (κ3) is 2.03. The topological polar surface area (TPSA) is 21.7 Å². The zero-order chi connectivity index (χ0) is 9.15. The highest BCUT2D eigenvalue weighted by molar-refractivity contribution is 4.83. The van der Waals surface area contributed by atoms with E-state index in [4.69, 9.17) is 9.47 Å². The average Bonchev–Trinajstić information content (AvgIpc) is 2.54. The summed E-state index contributed by atoms with van der Waals surface area (Å²) in [6.07, 6.45) is 3.50. The Morgan fingerprint density at radius 3 is 2.77 bits per heavy atom. The summed E-state index contributed by atoms with van der Waals surface area (Å²) in [5.74, 6) is -0.229. The molecule has 0 aliphatic carbocycles. The molecule has 2 aliphatic heterocycles. The molecule has 0 saturated carbocycles. The molecule has 0 aromatic rings. The smallest absolute Gasteiger partial charge is 0.181 e. The zero-order valence-electron chi connectivity index (χ0n) is 8.42. The summed E-state index contributed by atoms with van der Waals surface area (Å²) in [5.41, 5.74) is 0. The van der Waals surface area contributed by atoms with Gasteiger partial charge >= 0.3 is 0 Å². The van der Waals surface area contributed by atoms with E-state index in [1.165, 1.54) is 25.9 Å². The monoisotopic (exact) mass is 185 g/mol. The maximum Gasteiger partial charge on any atom is 0.181 e. The minimum atomic E-state index is -0.229. The predicted octanol–water partition coefficient (Wildman–Crippen LogP) is 1.24. The number of rotatable bonds is 2. The lowest BCUT2D eigenvalue weighted by Crippen LogP contribution is -2.49. The van der Waals surface area contributed by atoms with Crippen LogP contribution in [0.1, 0.15) is 26.2 Å².